The third kappa shape index (κ3) is 2.00. The van der Waals surface area contributed by atoms with Crippen molar-refractivity contribution in [2.24, 2.45) is 5.92 Å². The van der Waals surface area contributed by atoms with Gasteiger partial charge in [-0.3, -0.25) is 10.1 Å². The van der Waals surface area contributed by atoms with Crippen LogP contribution in [-0.4, -0.2) is 43.3 Å². The number of nitro groups is 1. The molecule has 2 fully saturated rings. The number of nitro benzene ring substituents is 1. The van der Waals surface area contributed by atoms with Gasteiger partial charge in [0.15, 0.2) is 4.90 Å². The van der Waals surface area contributed by atoms with E-state index in [0.717, 1.165) is 13.0 Å². The van der Waals surface area contributed by atoms with Crippen LogP contribution >= 0.6 is 0 Å². The molecule has 2 atom stereocenters. The summed E-state index contributed by atoms with van der Waals surface area (Å²) in [6.45, 7) is 1.86. The fraction of sp³-hybridized carbons (Fsp3) is 0.500. The van der Waals surface area contributed by atoms with Crippen molar-refractivity contribution in [2.75, 3.05) is 19.6 Å². The maximum Gasteiger partial charge on any atom is 0.289 e. The highest BCUT2D eigenvalue weighted by Crippen LogP contribution is 2.34. The van der Waals surface area contributed by atoms with Crippen LogP contribution in [0, 0.1) is 16.0 Å². The summed E-state index contributed by atoms with van der Waals surface area (Å²) in [7, 11) is -3.82. The molecule has 1 aromatic carbocycles. The molecule has 8 heteroatoms. The number of nitrogens with one attached hydrogen (secondary N) is 1. The summed E-state index contributed by atoms with van der Waals surface area (Å²) in [6.07, 6.45) is 0.803. The summed E-state index contributed by atoms with van der Waals surface area (Å²) >= 11 is 0. The second-order valence-corrected chi connectivity index (χ2v) is 6.97. The molecule has 1 aromatic rings. The molecule has 0 aromatic heterocycles. The molecule has 2 aliphatic rings. The van der Waals surface area contributed by atoms with Crippen LogP contribution in [0.3, 0.4) is 0 Å². The van der Waals surface area contributed by atoms with E-state index in [0.29, 0.717) is 19.0 Å². The number of sulfonamides is 1. The van der Waals surface area contributed by atoms with Gasteiger partial charge in [-0.1, -0.05) is 12.1 Å². The zero-order valence-electron chi connectivity index (χ0n) is 10.7. The van der Waals surface area contributed by atoms with Crippen LogP contribution in [0.4, 0.5) is 5.69 Å². The number of rotatable bonds is 3. The fourth-order valence-electron chi connectivity index (χ4n) is 3.06. The molecule has 0 radical (unpaired) electrons. The number of fused-ring (bicyclic) bond motifs is 1. The normalized spacial score (nSPS) is 26.6. The Hall–Kier alpha value is -1.51. The van der Waals surface area contributed by atoms with Crippen molar-refractivity contribution in [2.45, 2.75) is 17.4 Å². The second-order valence-electron chi connectivity index (χ2n) is 5.11. The highest BCUT2D eigenvalue weighted by Gasteiger charge is 2.45. The smallest absolute Gasteiger partial charge is 0.289 e. The average Bonchev–Trinajstić information content (AvgIpc) is 3.00. The van der Waals surface area contributed by atoms with Gasteiger partial charge in [-0.15, -0.1) is 0 Å². The van der Waals surface area contributed by atoms with Crippen molar-refractivity contribution in [1.82, 2.24) is 9.62 Å². The number of hydrogen-bond acceptors (Lipinski definition) is 5. The summed E-state index contributed by atoms with van der Waals surface area (Å²) < 4.78 is 26.8. The lowest BCUT2D eigenvalue weighted by molar-refractivity contribution is -0.387. The van der Waals surface area contributed by atoms with Gasteiger partial charge < -0.3 is 5.32 Å². The number of hydrogen-bond donors (Lipinski definition) is 1. The largest absolute Gasteiger partial charge is 0.315 e. The van der Waals surface area contributed by atoms with Crippen molar-refractivity contribution >= 4 is 15.7 Å². The Morgan fingerprint density at radius 3 is 2.80 bits per heavy atom. The fourth-order valence-corrected chi connectivity index (χ4v) is 4.92. The summed E-state index contributed by atoms with van der Waals surface area (Å²) in [4.78, 5) is 10.2. The van der Waals surface area contributed by atoms with Gasteiger partial charge in [0.1, 0.15) is 0 Å². The lowest BCUT2D eigenvalue weighted by Gasteiger charge is -2.22. The lowest BCUT2D eigenvalue weighted by Crippen LogP contribution is -2.39. The lowest BCUT2D eigenvalue weighted by atomic mass is 10.1. The molecule has 0 bridgehead atoms. The van der Waals surface area contributed by atoms with Crippen LogP contribution in [-0.2, 0) is 10.0 Å². The van der Waals surface area contributed by atoms with Gasteiger partial charge in [-0.2, -0.15) is 4.31 Å². The van der Waals surface area contributed by atoms with Gasteiger partial charge in [0.2, 0.25) is 10.0 Å². The SMILES string of the molecule is O=[N+]([O-])c1ccccc1S(=O)(=O)N1CC[C@H]2CNC[C@H]21. The van der Waals surface area contributed by atoms with Gasteiger partial charge in [0.25, 0.3) is 5.69 Å². The molecule has 0 aliphatic carbocycles. The average molecular weight is 297 g/mol. The van der Waals surface area contributed by atoms with E-state index in [9.17, 15) is 18.5 Å². The molecule has 2 heterocycles. The van der Waals surface area contributed by atoms with Crippen molar-refractivity contribution < 1.29 is 13.3 Å². The summed E-state index contributed by atoms with van der Waals surface area (Å²) in [5.41, 5.74) is -0.359. The van der Waals surface area contributed by atoms with Crippen molar-refractivity contribution in [1.29, 1.82) is 0 Å². The van der Waals surface area contributed by atoms with E-state index in [1.54, 1.807) is 0 Å². The maximum atomic E-state index is 12.7. The van der Waals surface area contributed by atoms with E-state index in [1.807, 2.05) is 0 Å². The number of benzene rings is 1. The third-order valence-electron chi connectivity index (χ3n) is 4.04. The Kier molecular flexibility index (Phi) is 3.23. The minimum Gasteiger partial charge on any atom is -0.315 e. The van der Waals surface area contributed by atoms with Crippen LogP contribution in [0.15, 0.2) is 29.2 Å². The molecule has 0 saturated carbocycles. The van der Waals surface area contributed by atoms with Crippen molar-refractivity contribution in [3.05, 3.63) is 34.4 Å². The van der Waals surface area contributed by atoms with E-state index in [-0.39, 0.29) is 16.6 Å². The highest BCUT2D eigenvalue weighted by atomic mass is 32.2. The Morgan fingerprint density at radius 2 is 2.05 bits per heavy atom. The molecule has 0 amide bonds. The van der Waals surface area contributed by atoms with Gasteiger partial charge in [-0.05, 0) is 24.9 Å². The topological polar surface area (TPSA) is 92.5 Å². The molecule has 0 spiro atoms. The zero-order chi connectivity index (χ0) is 14.3. The van der Waals surface area contributed by atoms with E-state index in [1.165, 1.54) is 28.6 Å². The maximum absolute atomic E-state index is 12.7. The van der Waals surface area contributed by atoms with E-state index < -0.39 is 14.9 Å². The molecular weight excluding hydrogens is 282 g/mol. The Labute approximate surface area is 116 Å². The Morgan fingerprint density at radius 1 is 1.30 bits per heavy atom. The van der Waals surface area contributed by atoms with Crippen LogP contribution in [0.1, 0.15) is 6.42 Å². The molecule has 1 N–H and O–H groups in total. The van der Waals surface area contributed by atoms with Gasteiger partial charge >= 0.3 is 0 Å². The minimum absolute atomic E-state index is 0.0835. The van der Waals surface area contributed by atoms with Crippen molar-refractivity contribution in [3.63, 3.8) is 0 Å². The predicted octanol–water partition coefficient (Wildman–Crippen LogP) is 0.577. The Bertz CT molecular complexity index is 646. The van der Waals surface area contributed by atoms with Gasteiger partial charge in [0.05, 0.1) is 4.92 Å². The first-order chi connectivity index (χ1) is 9.51. The second kappa shape index (κ2) is 4.80. The molecule has 0 unspecified atom stereocenters. The molecule has 108 valence electrons. The predicted molar refractivity (Wildman–Crippen MR) is 71.8 cm³/mol. The Balaban J connectivity index is 2.03. The first kappa shape index (κ1) is 13.5. The van der Waals surface area contributed by atoms with E-state index in [2.05, 4.69) is 5.32 Å². The molecule has 2 saturated heterocycles. The van der Waals surface area contributed by atoms with Crippen LogP contribution in [0.5, 0.6) is 0 Å². The molecular formula is C12H15N3O4S. The van der Waals surface area contributed by atoms with Crippen molar-refractivity contribution in [3.8, 4) is 0 Å². The zero-order valence-corrected chi connectivity index (χ0v) is 11.5. The summed E-state index contributed by atoms with van der Waals surface area (Å²) in [5.74, 6) is 0.313. The minimum atomic E-state index is -3.82. The molecule has 3 rings (SSSR count). The third-order valence-corrected chi connectivity index (χ3v) is 6.01. The van der Waals surface area contributed by atoms with Gasteiger partial charge in [-0.25, -0.2) is 8.42 Å². The van der Waals surface area contributed by atoms with Gasteiger partial charge in [0, 0.05) is 25.2 Å². The highest BCUT2D eigenvalue weighted by molar-refractivity contribution is 7.89. The standard InChI is InChI=1S/C12H15N3O4S/c16-15(17)10-3-1-2-4-12(10)20(18,19)14-6-5-9-7-13-8-11(9)14/h1-4,9,11,13H,5-8H2/t9-,11+/m0/s1. The quantitative estimate of drug-likeness (QED) is 0.650. The van der Waals surface area contributed by atoms with Crippen LogP contribution in [0.2, 0.25) is 0 Å². The summed E-state index contributed by atoms with van der Waals surface area (Å²) in [6, 6.07) is 5.44. The molecule has 7 nitrogen and oxygen atoms in total. The van der Waals surface area contributed by atoms with Crippen LogP contribution in [0.25, 0.3) is 0 Å². The monoisotopic (exact) mass is 297 g/mol. The first-order valence-corrected chi connectivity index (χ1v) is 7.92. The van der Waals surface area contributed by atoms with E-state index >= 15 is 0 Å². The number of para-hydroxylation sites is 1. The first-order valence-electron chi connectivity index (χ1n) is 6.48. The number of nitrogens with zero attached hydrogens (tertiary/aromatic N) is 2. The van der Waals surface area contributed by atoms with Crippen LogP contribution < -0.4 is 5.32 Å². The summed E-state index contributed by atoms with van der Waals surface area (Å²) in [5, 5.41) is 14.2. The van der Waals surface area contributed by atoms with E-state index in [4.69, 9.17) is 0 Å². The molecule has 2 aliphatic heterocycles. The molecule has 20 heavy (non-hydrogen) atoms.